The van der Waals surface area contributed by atoms with Crippen LogP contribution in [0.2, 0.25) is 0 Å². The van der Waals surface area contributed by atoms with Gasteiger partial charge in [0.05, 0.1) is 6.61 Å². The molecule has 1 rings (SSSR count). The molecule has 0 radical (unpaired) electrons. The van der Waals surface area contributed by atoms with E-state index in [4.69, 9.17) is 5.11 Å². The zero-order chi connectivity index (χ0) is 7.40. The van der Waals surface area contributed by atoms with Gasteiger partial charge in [0.25, 0.3) is 0 Å². The fraction of sp³-hybridized carbons (Fsp3) is 0.500. The standard InChI is InChI=1S/C6H10N2OS/c1-8(3-4-9)6-7-2-5-10-6/h2,5,9H,3-4H2,1H3. The van der Waals surface area contributed by atoms with Gasteiger partial charge in [-0.2, -0.15) is 0 Å². The van der Waals surface area contributed by atoms with Gasteiger partial charge in [0.2, 0.25) is 0 Å². The van der Waals surface area contributed by atoms with E-state index >= 15 is 0 Å². The first-order valence-corrected chi connectivity index (χ1v) is 3.94. The summed E-state index contributed by atoms with van der Waals surface area (Å²) in [5.74, 6) is 0. The molecule has 0 aliphatic rings. The molecule has 0 aromatic carbocycles. The lowest BCUT2D eigenvalue weighted by Gasteiger charge is -2.12. The van der Waals surface area contributed by atoms with E-state index in [-0.39, 0.29) is 6.61 Å². The summed E-state index contributed by atoms with van der Waals surface area (Å²) in [6, 6.07) is 0. The molecule has 0 saturated carbocycles. The van der Waals surface area contributed by atoms with Crippen molar-refractivity contribution in [3.05, 3.63) is 11.6 Å². The van der Waals surface area contributed by atoms with Gasteiger partial charge in [0.15, 0.2) is 5.13 Å². The summed E-state index contributed by atoms with van der Waals surface area (Å²) in [5.41, 5.74) is 0. The third-order valence-electron chi connectivity index (χ3n) is 1.18. The molecule has 0 fully saturated rings. The minimum Gasteiger partial charge on any atom is -0.395 e. The zero-order valence-electron chi connectivity index (χ0n) is 5.82. The number of aliphatic hydroxyl groups is 1. The number of hydrogen-bond donors (Lipinski definition) is 1. The Morgan fingerprint density at radius 1 is 1.80 bits per heavy atom. The first-order chi connectivity index (χ1) is 4.84. The van der Waals surface area contributed by atoms with Gasteiger partial charge in [-0.25, -0.2) is 4.98 Å². The molecule has 10 heavy (non-hydrogen) atoms. The van der Waals surface area contributed by atoms with E-state index in [0.717, 1.165) is 5.13 Å². The largest absolute Gasteiger partial charge is 0.395 e. The predicted molar refractivity (Wildman–Crippen MR) is 42.5 cm³/mol. The van der Waals surface area contributed by atoms with Crippen LogP contribution < -0.4 is 4.90 Å². The van der Waals surface area contributed by atoms with Crippen LogP contribution in [0.1, 0.15) is 0 Å². The van der Waals surface area contributed by atoms with Crippen LogP contribution in [-0.2, 0) is 0 Å². The summed E-state index contributed by atoms with van der Waals surface area (Å²) in [4.78, 5) is 5.99. The van der Waals surface area contributed by atoms with E-state index in [9.17, 15) is 0 Å². The lowest BCUT2D eigenvalue weighted by molar-refractivity contribution is 0.304. The Kier molecular flexibility index (Phi) is 2.65. The van der Waals surface area contributed by atoms with Crippen LogP contribution in [0.5, 0.6) is 0 Å². The van der Waals surface area contributed by atoms with Gasteiger partial charge in [-0.1, -0.05) is 0 Å². The molecule has 1 N–H and O–H groups in total. The van der Waals surface area contributed by atoms with Crippen molar-refractivity contribution < 1.29 is 5.11 Å². The highest BCUT2D eigenvalue weighted by molar-refractivity contribution is 7.13. The van der Waals surface area contributed by atoms with Crippen molar-refractivity contribution in [3.8, 4) is 0 Å². The molecule has 0 amide bonds. The average Bonchev–Trinajstić information content (AvgIpc) is 2.38. The molecule has 0 spiro atoms. The Labute approximate surface area is 63.9 Å². The molecule has 1 aromatic rings. The number of rotatable bonds is 3. The van der Waals surface area contributed by atoms with Crippen molar-refractivity contribution in [2.45, 2.75) is 0 Å². The van der Waals surface area contributed by atoms with Gasteiger partial charge in [0, 0.05) is 25.2 Å². The van der Waals surface area contributed by atoms with Gasteiger partial charge >= 0.3 is 0 Å². The van der Waals surface area contributed by atoms with Crippen molar-refractivity contribution in [2.75, 3.05) is 25.1 Å². The molecular weight excluding hydrogens is 148 g/mol. The van der Waals surface area contributed by atoms with E-state index in [1.807, 2.05) is 17.3 Å². The topological polar surface area (TPSA) is 36.4 Å². The first kappa shape index (κ1) is 7.50. The quantitative estimate of drug-likeness (QED) is 0.698. The molecular formula is C6H10N2OS. The van der Waals surface area contributed by atoms with Crippen LogP contribution >= 0.6 is 11.3 Å². The van der Waals surface area contributed by atoms with Crippen LogP contribution in [0.3, 0.4) is 0 Å². The normalized spacial score (nSPS) is 9.80. The lowest BCUT2D eigenvalue weighted by atomic mass is 10.6. The zero-order valence-corrected chi connectivity index (χ0v) is 6.64. The minimum absolute atomic E-state index is 0.177. The molecule has 1 aromatic heterocycles. The Bertz CT molecular complexity index is 176. The molecule has 3 nitrogen and oxygen atoms in total. The third-order valence-corrected chi connectivity index (χ3v) is 2.07. The number of likely N-dealkylation sites (N-methyl/N-ethyl adjacent to an activating group) is 1. The summed E-state index contributed by atoms with van der Waals surface area (Å²) in [7, 11) is 1.91. The third kappa shape index (κ3) is 1.68. The molecule has 0 atom stereocenters. The summed E-state index contributed by atoms with van der Waals surface area (Å²) >= 11 is 1.57. The first-order valence-electron chi connectivity index (χ1n) is 3.06. The number of aromatic nitrogens is 1. The molecule has 0 bridgehead atoms. The lowest BCUT2D eigenvalue weighted by Crippen LogP contribution is -2.20. The van der Waals surface area contributed by atoms with E-state index in [0.29, 0.717) is 6.54 Å². The molecule has 0 unspecified atom stereocenters. The molecule has 1 heterocycles. The van der Waals surface area contributed by atoms with Crippen molar-refractivity contribution in [3.63, 3.8) is 0 Å². The molecule has 0 aliphatic carbocycles. The van der Waals surface area contributed by atoms with E-state index in [2.05, 4.69) is 4.98 Å². The number of anilines is 1. The van der Waals surface area contributed by atoms with Gasteiger partial charge in [0.1, 0.15) is 0 Å². The number of thiazole rings is 1. The summed E-state index contributed by atoms with van der Waals surface area (Å²) in [6.07, 6.45) is 1.76. The van der Waals surface area contributed by atoms with Crippen molar-refractivity contribution >= 4 is 16.5 Å². The minimum atomic E-state index is 0.177. The van der Waals surface area contributed by atoms with Crippen LogP contribution in [-0.4, -0.2) is 30.3 Å². The maximum atomic E-state index is 8.57. The van der Waals surface area contributed by atoms with Crippen LogP contribution in [0, 0.1) is 0 Å². The maximum absolute atomic E-state index is 8.57. The van der Waals surface area contributed by atoms with E-state index in [1.54, 1.807) is 17.5 Å². The van der Waals surface area contributed by atoms with Gasteiger partial charge in [-0.3, -0.25) is 0 Å². The second-order valence-corrected chi connectivity index (χ2v) is 2.83. The predicted octanol–water partition coefficient (Wildman–Crippen LogP) is 0.572. The van der Waals surface area contributed by atoms with Crippen molar-refractivity contribution in [1.82, 2.24) is 4.98 Å². The van der Waals surface area contributed by atoms with Crippen molar-refractivity contribution in [2.24, 2.45) is 0 Å². The molecule has 4 heteroatoms. The number of nitrogens with zero attached hydrogens (tertiary/aromatic N) is 2. The maximum Gasteiger partial charge on any atom is 0.185 e. The summed E-state index contributed by atoms with van der Waals surface area (Å²) in [6.45, 7) is 0.823. The summed E-state index contributed by atoms with van der Waals surface area (Å²) in [5, 5.41) is 11.4. The highest BCUT2D eigenvalue weighted by Gasteiger charge is 1.99. The molecule has 0 aliphatic heterocycles. The van der Waals surface area contributed by atoms with Gasteiger partial charge in [-0.15, -0.1) is 11.3 Å². The Morgan fingerprint density at radius 2 is 2.60 bits per heavy atom. The fourth-order valence-corrected chi connectivity index (χ4v) is 1.29. The van der Waals surface area contributed by atoms with Gasteiger partial charge in [-0.05, 0) is 0 Å². The highest BCUT2D eigenvalue weighted by Crippen LogP contribution is 2.14. The SMILES string of the molecule is CN(CCO)c1nccs1. The van der Waals surface area contributed by atoms with Crippen molar-refractivity contribution in [1.29, 1.82) is 0 Å². The second kappa shape index (κ2) is 3.53. The number of hydrogen-bond acceptors (Lipinski definition) is 4. The monoisotopic (exact) mass is 158 g/mol. The van der Waals surface area contributed by atoms with Crippen LogP contribution in [0.25, 0.3) is 0 Å². The fourth-order valence-electron chi connectivity index (χ4n) is 0.650. The van der Waals surface area contributed by atoms with Crippen LogP contribution in [0.15, 0.2) is 11.6 Å². The molecule has 56 valence electrons. The van der Waals surface area contributed by atoms with E-state index < -0.39 is 0 Å². The van der Waals surface area contributed by atoms with Gasteiger partial charge < -0.3 is 10.0 Å². The van der Waals surface area contributed by atoms with Crippen LogP contribution in [0.4, 0.5) is 5.13 Å². The Balaban J connectivity index is 2.50. The summed E-state index contributed by atoms with van der Waals surface area (Å²) < 4.78 is 0. The van der Waals surface area contributed by atoms with E-state index in [1.165, 1.54) is 0 Å². The second-order valence-electron chi connectivity index (χ2n) is 1.96. The highest BCUT2D eigenvalue weighted by atomic mass is 32.1. The average molecular weight is 158 g/mol. The smallest absolute Gasteiger partial charge is 0.185 e. The Hall–Kier alpha value is -0.610. The molecule has 0 saturated heterocycles. The Morgan fingerprint density at radius 3 is 3.10 bits per heavy atom. The number of aliphatic hydroxyl groups excluding tert-OH is 1.